The van der Waals surface area contributed by atoms with Crippen LogP contribution in [0, 0.1) is 13.8 Å². The third kappa shape index (κ3) is 4.66. The van der Waals surface area contributed by atoms with E-state index in [-0.39, 0.29) is 15.5 Å². The average Bonchev–Trinajstić information content (AvgIpc) is 2.76. The van der Waals surface area contributed by atoms with Crippen molar-refractivity contribution in [3.8, 4) is 0 Å². The van der Waals surface area contributed by atoms with E-state index in [0.717, 1.165) is 29.9 Å². The lowest BCUT2D eigenvalue weighted by molar-refractivity contribution is 0.584. The first-order valence-corrected chi connectivity index (χ1v) is 13.3. The Morgan fingerprint density at radius 3 is 1.25 bits per heavy atom. The molecule has 0 saturated heterocycles. The van der Waals surface area contributed by atoms with E-state index in [9.17, 15) is 16.8 Å². The van der Waals surface area contributed by atoms with E-state index in [1.165, 1.54) is 36.4 Å². The molecule has 32 heavy (non-hydrogen) atoms. The van der Waals surface area contributed by atoms with E-state index in [1.807, 2.05) is 27.7 Å². The monoisotopic (exact) mass is 472 g/mol. The van der Waals surface area contributed by atoms with Crippen molar-refractivity contribution in [2.45, 2.75) is 37.5 Å². The van der Waals surface area contributed by atoms with Gasteiger partial charge < -0.3 is 4.90 Å². The molecule has 170 valence electrons. The van der Waals surface area contributed by atoms with Crippen molar-refractivity contribution >= 4 is 31.4 Å². The lowest BCUT2D eigenvalue weighted by atomic mass is 10.2. The Bertz CT molecular complexity index is 1190. The molecule has 0 heterocycles. The molecule has 0 saturated carbocycles. The van der Waals surface area contributed by atoms with Crippen molar-refractivity contribution in [1.29, 1.82) is 0 Å². The van der Waals surface area contributed by atoms with Gasteiger partial charge in [0.25, 0.3) is 20.0 Å². The van der Waals surface area contributed by atoms with Gasteiger partial charge in [-0.05, 0) is 76.2 Å². The molecular formula is C24H28N2O4S2. The maximum absolute atomic E-state index is 13.6. The fourth-order valence-corrected chi connectivity index (χ4v) is 7.08. The van der Waals surface area contributed by atoms with Gasteiger partial charge in [0, 0.05) is 18.8 Å². The van der Waals surface area contributed by atoms with E-state index in [1.54, 1.807) is 36.4 Å². The fraction of sp³-hybridized carbons (Fsp3) is 0.250. The van der Waals surface area contributed by atoms with Gasteiger partial charge in [0.1, 0.15) is 0 Å². The second kappa shape index (κ2) is 9.34. The van der Waals surface area contributed by atoms with E-state index in [0.29, 0.717) is 3.71 Å². The molecule has 0 aliphatic carbocycles. The number of rotatable bonds is 8. The molecule has 0 fully saturated rings. The molecule has 3 aromatic carbocycles. The number of hydrogen-bond acceptors (Lipinski definition) is 5. The van der Waals surface area contributed by atoms with Crippen LogP contribution < -0.4 is 8.61 Å². The van der Waals surface area contributed by atoms with Crippen LogP contribution in [0.2, 0.25) is 0 Å². The standard InChI is InChI=1S/C24H28N2O4S2/c1-5-25(6-2)21-11-13-22(14-12-21)26(31(27,28)23-15-7-19(3)8-16-23)32(29,30)24-17-9-20(4)10-18-24/h7-18H,5-6H2,1-4H3. The Morgan fingerprint density at radius 1 is 0.562 bits per heavy atom. The first-order valence-electron chi connectivity index (χ1n) is 10.4. The summed E-state index contributed by atoms with van der Waals surface area (Å²) in [7, 11) is -8.80. The summed E-state index contributed by atoms with van der Waals surface area (Å²) in [5, 5.41) is 0. The Labute approximate surface area is 191 Å². The van der Waals surface area contributed by atoms with Gasteiger partial charge in [0.15, 0.2) is 0 Å². The van der Waals surface area contributed by atoms with Crippen LogP contribution in [-0.4, -0.2) is 29.9 Å². The van der Waals surface area contributed by atoms with Crippen LogP contribution in [0.4, 0.5) is 11.4 Å². The molecule has 0 unspecified atom stereocenters. The quantitative estimate of drug-likeness (QED) is 0.474. The van der Waals surface area contributed by atoms with Crippen molar-refractivity contribution < 1.29 is 16.8 Å². The summed E-state index contributed by atoms with van der Waals surface area (Å²) < 4.78 is 54.9. The number of nitrogens with zero attached hydrogens (tertiary/aromatic N) is 2. The lowest BCUT2D eigenvalue weighted by Gasteiger charge is -2.26. The number of hydrogen-bond donors (Lipinski definition) is 0. The zero-order valence-corrected chi connectivity index (χ0v) is 20.3. The minimum atomic E-state index is -4.40. The number of aryl methyl sites for hydroxylation is 2. The highest BCUT2D eigenvalue weighted by molar-refractivity contribution is 8.10. The van der Waals surface area contributed by atoms with Gasteiger partial charge in [0.05, 0.1) is 15.5 Å². The van der Waals surface area contributed by atoms with Crippen LogP contribution in [0.5, 0.6) is 0 Å². The van der Waals surface area contributed by atoms with E-state index < -0.39 is 20.0 Å². The SMILES string of the molecule is CCN(CC)c1ccc(N(S(=O)(=O)c2ccc(C)cc2)S(=O)(=O)c2ccc(C)cc2)cc1. The minimum absolute atomic E-state index is 0.0575. The Morgan fingerprint density at radius 2 is 0.906 bits per heavy atom. The van der Waals surface area contributed by atoms with E-state index in [4.69, 9.17) is 0 Å². The van der Waals surface area contributed by atoms with Crippen LogP contribution >= 0.6 is 0 Å². The van der Waals surface area contributed by atoms with Crippen LogP contribution in [0.1, 0.15) is 25.0 Å². The Hall–Kier alpha value is -2.84. The summed E-state index contributed by atoms with van der Waals surface area (Å²) in [6, 6.07) is 18.8. The largest absolute Gasteiger partial charge is 0.372 e. The van der Waals surface area contributed by atoms with Gasteiger partial charge in [-0.25, -0.2) is 16.8 Å². The summed E-state index contributed by atoms with van der Waals surface area (Å²) in [4.78, 5) is 1.91. The Kier molecular flexibility index (Phi) is 6.95. The summed E-state index contributed by atoms with van der Waals surface area (Å²) in [5.41, 5.74) is 2.70. The van der Waals surface area contributed by atoms with Gasteiger partial charge in [-0.1, -0.05) is 35.4 Å². The zero-order valence-electron chi connectivity index (χ0n) is 18.7. The molecule has 0 spiro atoms. The highest BCUT2D eigenvalue weighted by Gasteiger charge is 2.37. The van der Waals surface area contributed by atoms with Crippen molar-refractivity contribution in [2.75, 3.05) is 21.7 Å². The van der Waals surface area contributed by atoms with Gasteiger partial charge in [-0.2, -0.15) is 3.71 Å². The molecule has 0 atom stereocenters. The minimum Gasteiger partial charge on any atom is -0.372 e. The molecule has 3 aromatic rings. The predicted octanol–water partition coefficient (Wildman–Crippen LogP) is 4.73. The normalized spacial score (nSPS) is 11.9. The Balaban J connectivity index is 2.20. The zero-order chi connectivity index (χ0) is 23.5. The van der Waals surface area contributed by atoms with Crippen molar-refractivity contribution in [3.63, 3.8) is 0 Å². The predicted molar refractivity (Wildman–Crippen MR) is 129 cm³/mol. The smallest absolute Gasteiger partial charge is 0.277 e. The molecule has 0 aliphatic heterocycles. The summed E-state index contributed by atoms with van der Waals surface area (Å²) in [5.74, 6) is 0. The van der Waals surface area contributed by atoms with Crippen molar-refractivity contribution in [3.05, 3.63) is 83.9 Å². The molecule has 6 nitrogen and oxygen atoms in total. The lowest BCUT2D eigenvalue weighted by Crippen LogP contribution is -2.37. The molecule has 0 amide bonds. The molecule has 0 N–H and O–H groups in total. The molecule has 0 aromatic heterocycles. The topological polar surface area (TPSA) is 74.8 Å². The molecule has 0 radical (unpaired) electrons. The van der Waals surface area contributed by atoms with Crippen LogP contribution in [0.15, 0.2) is 82.6 Å². The third-order valence-corrected chi connectivity index (χ3v) is 9.47. The molecular weight excluding hydrogens is 444 g/mol. The summed E-state index contributed by atoms with van der Waals surface area (Å²) in [6.07, 6.45) is 0. The summed E-state index contributed by atoms with van der Waals surface area (Å²) >= 11 is 0. The van der Waals surface area contributed by atoms with Crippen LogP contribution in [-0.2, 0) is 20.0 Å². The van der Waals surface area contributed by atoms with Crippen LogP contribution in [0.3, 0.4) is 0 Å². The first-order chi connectivity index (χ1) is 15.1. The molecule has 0 bridgehead atoms. The van der Waals surface area contributed by atoms with Crippen LogP contribution in [0.25, 0.3) is 0 Å². The van der Waals surface area contributed by atoms with E-state index >= 15 is 0 Å². The number of anilines is 2. The second-order valence-electron chi connectivity index (χ2n) is 7.52. The third-order valence-electron chi connectivity index (χ3n) is 5.26. The van der Waals surface area contributed by atoms with E-state index in [2.05, 4.69) is 4.90 Å². The highest BCUT2D eigenvalue weighted by Crippen LogP contribution is 2.32. The average molecular weight is 473 g/mol. The maximum atomic E-state index is 13.6. The first kappa shape index (κ1) is 23.8. The number of benzene rings is 3. The van der Waals surface area contributed by atoms with Gasteiger partial charge in [-0.15, -0.1) is 0 Å². The van der Waals surface area contributed by atoms with Gasteiger partial charge >= 0.3 is 0 Å². The second-order valence-corrected chi connectivity index (χ2v) is 11.3. The number of sulfonamides is 2. The molecule has 3 rings (SSSR count). The van der Waals surface area contributed by atoms with Gasteiger partial charge in [-0.3, -0.25) is 0 Å². The highest BCUT2D eigenvalue weighted by atomic mass is 32.3. The fourth-order valence-electron chi connectivity index (χ4n) is 3.39. The maximum Gasteiger partial charge on any atom is 0.277 e. The van der Waals surface area contributed by atoms with Crippen molar-refractivity contribution in [1.82, 2.24) is 0 Å². The van der Waals surface area contributed by atoms with Gasteiger partial charge in [0.2, 0.25) is 0 Å². The van der Waals surface area contributed by atoms with Crippen molar-refractivity contribution in [2.24, 2.45) is 0 Å². The summed E-state index contributed by atoms with van der Waals surface area (Å²) in [6.45, 7) is 9.28. The molecule has 0 aliphatic rings. The molecule has 8 heteroatoms.